The molecule has 0 spiro atoms. The fourth-order valence-corrected chi connectivity index (χ4v) is 2.53. The Balaban J connectivity index is 1.84. The molecule has 0 saturated heterocycles. The van der Waals surface area contributed by atoms with Gasteiger partial charge in [0.1, 0.15) is 0 Å². The van der Waals surface area contributed by atoms with E-state index < -0.39 is 18.0 Å². The molecule has 27 heavy (non-hydrogen) atoms. The summed E-state index contributed by atoms with van der Waals surface area (Å²) >= 11 is 6.11. The number of aromatic nitrogens is 2. The molecule has 3 rings (SSSR count). The first kappa shape index (κ1) is 18.5. The van der Waals surface area contributed by atoms with E-state index in [-0.39, 0.29) is 5.69 Å². The molecule has 2 aromatic carbocycles. The minimum atomic E-state index is -1.15. The third kappa shape index (κ3) is 4.68. The zero-order valence-corrected chi connectivity index (χ0v) is 15.2. The molecule has 136 valence electrons. The number of carbonyl (C=O) groups excluding carboxylic acids is 2. The molecule has 0 aliphatic heterocycles. The number of aryl methyl sites for hydroxylation is 1. The summed E-state index contributed by atoms with van der Waals surface area (Å²) in [5.74, 6) is -1.24. The molecule has 6 nitrogen and oxygen atoms in total. The summed E-state index contributed by atoms with van der Waals surface area (Å²) in [6.07, 6.45) is 2.95. The number of anilines is 1. The third-order valence-corrected chi connectivity index (χ3v) is 4.18. The maximum absolute atomic E-state index is 12.8. The Labute approximate surface area is 161 Å². The fraction of sp³-hybridized carbons (Fsp3) is 0.100. The van der Waals surface area contributed by atoms with Gasteiger partial charge in [-0.15, -0.1) is 0 Å². The fourth-order valence-electron chi connectivity index (χ4n) is 2.35. The lowest BCUT2D eigenvalue weighted by Crippen LogP contribution is -2.26. The predicted molar refractivity (Wildman–Crippen MR) is 101 cm³/mol. The van der Waals surface area contributed by atoms with Crippen LogP contribution in [0.4, 0.5) is 5.69 Å². The normalized spacial score (nSPS) is 11.5. The first-order valence-electron chi connectivity index (χ1n) is 8.13. The maximum Gasteiger partial charge on any atom is 0.359 e. The van der Waals surface area contributed by atoms with Gasteiger partial charge in [0.25, 0.3) is 5.91 Å². The molecule has 7 heteroatoms. The van der Waals surface area contributed by atoms with Crippen molar-refractivity contribution in [1.82, 2.24) is 9.97 Å². The van der Waals surface area contributed by atoms with Gasteiger partial charge in [-0.05, 0) is 24.6 Å². The first-order valence-corrected chi connectivity index (χ1v) is 8.51. The lowest BCUT2D eigenvalue weighted by molar-refractivity contribution is -0.125. The minimum absolute atomic E-state index is 0.0182. The van der Waals surface area contributed by atoms with Crippen LogP contribution in [0.2, 0.25) is 5.02 Å². The van der Waals surface area contributed by atoms with E-state index in [0.29, 0.717) is 16.3 Å². The Kier molecular flexibility index (Phi) is 5.78. The number of esters is 1. The van der Waals surface area contributed by atoms with Gasteiger partial charge >= 0.3 is 5.97 Å². The van der Waals surface area contributed by atoms with Gasteiger partial charge in [-0.3, -0.25) is 9.78 Å². The zero-order chi connectivity index (χ0) is 19.2. The topological polar surface area (TPSA) is 81.2 Å². The highest BCUT2D eigenvalue weighted by atomic mass is 35.5. The van der Waals surface area contributed by atoms with Crippen molar-refractivity contribution < 1.29 is 14.3 Å². The van der Waals surface area contributed by atoms with Crippen LogP contribution in [0.15, 0.2) is 67.1 Å². The van der Waals surface area contributed by atoms with Crippen LogP contribution in [-0.2, 0) is 9.53 Å². The number of benzene rings is 2. The molecule has 0 saturated carbocycles. The van der Waals surface area contributed by atoms with E-state index in [2.05, 4.69) is 15.3 Å². The van der Waals surface area contributed by atoms with E-state index in [9.17, 15) is 9.59 Å². The summed E-state index contributed by atoms with van der Waals surface area (Å²) in [4.78, 5) is 32.9. The number of halogens is 1. The molecule has 1 atom stereocenters. The molecule has 0 radical (unpaired) electrons. The SMILES string of the molecule is Cc1ccc(NC(=O)C(OC(=O)c2cnccn2)c2ccccc2)cc1Cl. The number of hydrogen-bond donors (Lipinski definition) is 1. The number of carbonyl (C=O) groups is 2. The van der Waals surface area contributed by atoms with Crippen molar-refractivity contribution >= 4 is 29.2 Å². The summed E-state index contributed by atoms with van der Waals surface area (Å²) in [5, 5.41) is 3.26. The minimum Gasteiger partial charge on any atom is -0.443 e. The number of nitrogens with one attached hydrogen (secondary N) is 1. The second kappa shape index (κ2) is 8.42. The van der Waals surface area contributed by atoms with Crippen molar-refractivity contribution in [3.05, 3.63) is 89.0 Å². The molecule has 1 unspecified atom stereocenters. The number of ether oxygens (including phenoxy) is 1. The van der Waals surface area contributed by atoms with Crippen LogP contribution < -0.4 is 5.32 Å². The van der Waals surface area contributed by atoms with Crippen molar-refractivity contribution in [2.24, 2.45) is 0 Å². The van der Waals surface area contributed by atoms with Crippen molar-refractivity contribution in [2.75, 3.05) is 5.32 Å². The van der Waals surface area contributed by atoms with E-state index in [1.54, 1.807) is 42.5 Å². The summed E-state index contributed by atoms with van der Waals surface area (Å²) in [6, 6.07) is 13.9. The lowest BCUT2D eigenvalue weighted by atomic mass is 10.1. The molecule has 0 aliphatic carbocycles. The van der Waals surface area contributed by atoms with Crippen LogP contribution in [0.25, 0.3) is 0 Å². The smallest absolute Gasteiger partial charge is 0.359 e. The zero-order valence-electron chi connectivity index (χ0n) is 14.4. The van der Waals surface area contributed by atoms with E-state index in [1.165, 1.54) is 18.6 Å². The highest BCUT2D eigenvalue weighted by Gasteiger charge is 2.26. The van der Waals surface area contributed by atoms with Crippen LogP contribution in [-0.4, -0.2) is 21.8 Å². The van der Waals surface area contributed by atoms with Gasteiger partial charge in [-0.1, -0.05) is 48.0 Å². The van der Waals surface area contributed by atoms with Gasteiger partial charge in [-0.25, -0.2) is 9.78 Å². The van der Waals surface area contributed by atoms with Crippen LogP contribution >= 0.6 is 11.6 Å². The Morgan fingerprint density at radius 1 is 1.11 bits per heavy atom. The molecule has 0 bridgehead atoms. The van der Waals surface area contributed by atoms with E-state index in [4.69, 9.17) is 16.3 Å². The van der Waals surface area contributed by atoms with Gasteiger partial charge < -0.3 is 10.1 Å². The standard InChI is InChI=1S/C20H16ClN3O3/c1-13-7-8-15(11-16(13)21)24-19(25)18(14-5-3-2-4-6-14)27-20(26)17-12-22-9-10-23-17/h2-12,18H,1H3,(H,24,25). The van der Waals surface area contributed by atoms with E-state index in [1.807, 2.05) is 13.0 Å². The second-order valence-electron chi connectivity index (χ2n) is 5.74. The van der Waals surface area contributed by atoms with Gasteiger partial charge in [-0.2, -0.15) is 0 Å². The molecular formula is C20H16ClN3O3. The van der Waals surface area contributed by atoms with Gasteiger partial charge in [0.05, 0.1) is 6.20 Å². The van der Waals surface area contributed by atoms with Gasteiger partial charge in [0.2, 0.25) is 6.10 Å². The van der Waals surface area contributed by atoms with Crippen molar-refractivity contribution in [3.8, 4) is 0 Å². The molecule has 3 aromatic rings. The predicted octanol–water partition coefficient (Wildman–Crippen LogP) is 3.98. The first-order chi connectivity index (χ1) is 13.0. The Bertz CT molecular complexity index is 949. The lowest BCUT2D eigenvalue weighted by Gasteiger charge is -2.18. The van der Waals surface area contributed by atoms with Crippen LogP contribution in [0.5, 0.6) is 0 Å². The highest BCUT2D eigenvalue weighted by molar-refractivity contribution is 6.31. The third-order valence-electron chi connectivity index (χ3n) is 3.78. The van der Waals surface area contributed by atoms with Gasteiger partial charge in [0, 0.05) is 28.7 Å². The van der Waals surface area contributed by atoms with E-state index in [0.717, 1.165) is 5.56 Å². The average molecular weight is 382 g/mol. The van der Waals surface area contributed by atoms with Crippen LogP contribution in [0, 0.1) is 6.92 Å². The van der Waals surface area contributed by atoms with Crippen LogP contribution in [0.3, 0.4) is 0 Å². The van der Waals surface area contributed by atoms with Crippen molar-refractivity contribution in [1.29, 1.82) is 0 Å². The highest BCUT2D eigenvalue weighted by Crippen LogP contribution is 2.24. The average Bonchev–Trinajstić information content (AvgIpc) is 2.70. The maximum atomic E-state index is 12.8. The van der Waals surface area contributed by atoms with Crippen molar-refractivity contribution in [3.63, 3.8) is 0 Å². The molecule has 1 amide bonds. The molecule has 1 heterocycles. The second-order valence-corrected chi connectivity index (χ2v) is 6.15. The quantitative estimate of drug-likeness (QED) is 0.676. The Morgan fingerprint density at radius 3 is 2.56 bits per heavy atom. The summed E-state index contributed by atoms with van der Waals surface area (Å²) in [6.45, 7) is 1.86. The van der Waals surface area contributed by atoms with Crippen molar-refractivity contribution in [2.45, 2.75) is 13.0 Å². The molecule has 0 aliphatic rings. The number of rotatable bonds is 5. The van der Waals surface area contributed by atoms with E-state index >= 15 is 0 Å². The monoisotopic (exact) mass is 381 g/mol. The van der Waals surface area contributed by atoms with Gasteiger partial charge in [0.15, 0.2) is 5.69 Å². The summed E-state index contributed by atoms with van der Waals surface area (Å²) in [7, 11) is 0. The number of nitrogens with zero attached hydrogens (tertiary/aromatic N) is 2. The largest absolute Gasteiger partial charge is 0.443 e. The Hall–Kier alpha value is -3.25. The number of hydrogen-bond acceptors (Lipinski definition) is 5. The molecule has 1 aromatic heterocycles. The molecular weight excluding hydrogens is 366 g/mol. The van der Waals surface area contributed by atoms with Crippen LogP contribution in [0.1, 0.15) is 27.7 Å². The summed E-state index contributed by atoms with van der Waals surface area (Å²) in [5.41, 5.74) is 1.95. The molecule has 0 fully saturated rings. The Morgan fingerprint density at radius 2 is 1.89 bits per heavy atom. The number of amides is 1. The summed E-state index contributed by atoms with van der Waals surface area (Å²) < 4.78 is 5.42. The molecule has 1 N–H and O–H groups in total.